The smallest absolute Gasteiger partial charge is 0.275 e. The molecule has 3 rings (SSSR count). The van der Waals surface area contributed by atoms with Crippen LogP contribution in [0.1, 0.15) is 16.1 Å². The minimum Gasteiger partial charge on any atom is -0.320 e. The molecule has 2 aromatic heterocycles. The molecule has 0 aliphatic carbocycles. The van der Waals surface area contributed by atoms with Crippen LogP contribution in [0.5, 0.6) is 0 Å². The number of benzene rings is 1. The second-order valence-electron chi connectivity index (χ2n) is 5.13. The molecule has 8 heteroatoms. The maximum atomic E-state index is 12.5. The zero-order valence-electron chi connectivity index (χ0n) is 13.4. The van der Waals surface area contributed by atoms with Crippen LogP contribution < -0.4 is 10.8 Å². The van der Waals surface area contributed by atoms with Crippen LogP contribution in [-0.4, -0.2) is 27.0 Å². The first-order chi connectivity index (χ1) is 12.7. The minimum atomic E-state index is -0.660. The number of amides is 2. The number of rotatable bonds is 5. The van der Waals surface area contributed by atoms with Gasteiger partial charge in [-0.1, -0.05) is 18.2 Å². The van der Waals surface area contributed by atoms with Gasteiger partial charge in [-0.15, -0.1) is 11.3 Å². The molecule has 0 spiro atoms. The lowest BCUT2D eigenvalue weighted by Gasteiger charge is -2.07. The van der Waals surface area contributed by atoms with E-state index in [-0.39, 0.29) is 5.91 Å². The molecule has 0 unspecified atom stereocenters. The Bertz CT molecular complexity index is 954. The number of para-hydroxylation sites is 1. The van der Waals surface area contributed by atoms with Crippen molar-refractivity contribution in [2.45, 2.75) is 0 Å². The fraction of sp³-hybridized carbons (Fsp3) is 0. The van der Waals surface area contributed by atoms with E-state index in [0.29, 0.717) is 22.0 Å². The van der Waals surface area contributed by atoms with Crippen LogP contribution in [0, 0.1) is 0 Å². The Morgan fingerprint density at radius 2 is 2.00 bits per heavy atom. The van der Waals surface area contributed by atoms with Gasteiger partial charge in [-0.3, -0.25) is 19.8 Å². The summed E-state index contributed by atoms with van der Waals surface area (Å²) in [4.78, 5) is 32.0. The Labute approximate surface area is 153 Å². The van der Waals surface area contributed by atoms with E-state index in [1.807, 2.05) is 12.1 Å². The van der Waals surface area contributed by atoms with Gasteiger partial charge in [0.1, 0.15) is 10.7 Å². The summed E-state index contributed by atoms with van der Waals surface area (Å²) in [5.74, 6) is -1.02. The normalized spacial score (nSPS) is 10.7. The van der Waals surface area contributed by atoms with Crippen LogP contribution >= 0.6 is 11.3 Å². The summed E-state index contributed by atoms with van der Waals surface area (Å²) in [5.41, 5.74) is 3.79. The van der Waals surface area contributed by atoms with E-state index in [0.717, 1.165) is 11.6 Å². The molecule has 130 valence electrons. The minimum absolute atomic E-state index is 0.292. The molecule has 0 radical (unpaired) electrons. The van der Waals surface area contributed by atoms with Gasteiger partial charge in [0.25, 0.3) is 11.8 Å². The predicted octanol–water partition coefficient (Wildman–Crippen LogP) is 2.98. The molecule has 0 saturated carbocycles. The number of nitrogens with zero attached hydrogens (tertiary/aromatic N) is 2. The van der Waals surface area contributed by atoms with Crippen LogP contribution in [0.15, 0.2) is 60.2 Å². The largest absolute Gasteiger partial charge is 0.320 e. The Morgan fingerprint density at radius 1 is 1.15 bits per heavy atom. The standard InChI is InChI=1S/C18H14N4O3S/c23-16(22-25)8-7-12-4-1-2-6-14(12)20-17(24)15-11-26-18(21-15)13-5-3-9-19-10-13/h1-11,25H,(H,20,24)(H,22,23)/b8-7+. The molecule has 26 heavy (non-hydrogen) atoms. The Morgan fingerprint density at radius 3 is 2.77 bits per heavy atom. The second kappa shape index (κ2) is 8.15. The fourth-order valence-corrected chi connectivity index (χ4v) is 2.94. The molecular weight excluding hydrogens is 352 g/mol. The molecule has 0 aliphatic heterocycles. The number of hydroxylamine groups is 1. The number of aromatic nitrogens is 2. The molecule has 0 atom stereocenters. The predicted molar refractivity (Wildman–Crippen MR) is 98.7 cm³/mol. The number of anilines is 1. The van der Waals surface area contributed by atoms with Crippen molar-refractivity contribution in [2.24, 2.45) is 0 Å². The first kappa shape index (κ1) is 17.5. The molecular formula is C18H14N4O3S. The molecule has 3 aromatic rings. The number of thiazole rings is 1. The van der Waals surface area contributed by atoms with Crippen molar-refractivity contribution >= 4 is 34.9 Å². The van der Waals surface area contributed by atoms with Gasteiger partial charge in [0.05, 0.1) is 0 Å². The van der Waals surface area contributed by atoms with Crippen LogP contribution in [0.3, 0.4) is 0 Å². The Kier molecular flexibility index (Phi) is 5.47. The van der Waals surface area contributed by atoms with Crippen LogP contribution in [0.4, 0.5) is 5.69 Å². The quantitative estimate of drug-likeness (QED) is 0.366. The number of nitrogens with one attached hydrogen (secondary N) is 2. The molecule has 2 amide bonds. The first-order valence-corrected chi connectivity index (χ1v) is 8.44. The SMILES string of the molecule is O=C(/C=C/c1ccccc1NC(=O)c1csc(-c2cccnc2)n1)NO. The summed E-state index contributed by atoms with van der Waals surface area (Å²) in [6.45, 7) is 0. The highest BCUT2D eigenvalue weighted by Crippen LogP contribution is 2.24. The molecule has 0 fully saturated rings. The lowest BCUT2D eigenvalue weighted by atomic mass is 10.1. The van der Waals surface area contributed by atoms with Crippen molar-refractivity contribution in [1.29, 1.82) is 0 Å². The Hall–Kier alpha value is -3.36. The van der Waals surface area contributed by atoms with Gasteiger partial charge >= 0.3 is 0 Å². The molecule has 0 bridgehead atoms. The summed E-state index contributed by atoms with van der Waals surface area (Å²) in [6.07, 6.45) is 6.01. The third-order valence-electron chi connectivity index (χ3n) is 3.38. The summed E-state index contributed by atoms with van der Waals surface area (Å²) < 4.78 is 0. The zero-order valence-corrected chi connectivity index (χ0v) is 14.2. The third kappa shape index (κ3) is 4.18. The van der Waals surface area contributed by atoms with Crippen LogP contribution in [-0.2, 0) is 4.79 Å². The summed E-state index contributed by atoms with van der Waals surface area (Å²) >= 11 is 1.36. The second-order valence-corrected chi connectivity index (χ2v) is 5.99. The number of hydrogen-bond acceptors (Lipinski definition) is 6. The van der Waals surface area contributed by atoms with Crippen molar-refractivity contribution < 1.29 is 14.8 Å². The van der Waals surface area contributed by atoms with E-state index >= 15 is 0 Å². The van der Waals surface area contributed by atoms with Crippen LogP contribution in [0.25, 0.3) is 16.6 Å². The molecule has 2 heterocycles. The zero-order chi connectivity index (χ0) is 18.4. The lowest BCUT2D eigenvalue weighted by Crippen LogP contribution is -2.15. The molecule has 7 nitrogen and oxygen atoms in total. The van der Waals surface area contributed by atoms with Gasteiger partial charge in [0.15, 0.2) is 0 Å². The van der Waals surface area contributed by atoms with Crippen molar-refractivity contribution in [3.05, 3.63) is 71.5 Å². The lowest BCUT2D eigenvalue weighted by molar-refractivity contribution is -0.124. The van der Waals surface area contributed by atoms with E-state index in [1.54, 1.807) is 42.0 Å². The van der Waals surface area contributed by atoms with E-state index in [4.69, 9.17) is 5.21 Å². The topological polar surface area (TPSA) is 104 Å². The highest BCUT2D eigenvalue weighted by molar-refractivity contribution is 7.13. The van der Waals surface area contributed by atoms with Gasteiger partial charge in [-0.25, -0.2) is 10.5 Å². The molecule has 0 saturated heterocycles. The summed E-state index contributed by atoms with van der Waals surface area (Å²) in [6, 6.07) is 10.7. The van der Waals surface area contributed by atoms with Gasteiger partial charge < -0.3 is 5.32 Å². The maximum absolute atomic E-state index is 12.5. The molecule has 0 aliphatic rings. The maximum Gasteiger partial charge on any atom is 0.275 e. The van der Waals surface area contributed by atoms with E-state index in [2.05, 4.69) is 15.3 Å². The Balaban J connectivity index is 1.78. The highest BCUT2D eigenvalue weighted by Gasteiger charge is 2.13. The van der Waals surface area contributed by atoms with Crippen molar-refractivity contribution in [3.8, 4) is 10.6 Å². The monoisotopic (exact) mass is 366 g/mol. The summed E-state index contributed by atoms with van der Waals surface area (Å²) in [5, 5.41) is 13.7. The van der Waals surface area contributed by atoms with Crippen molar-refractivity contribution in [1.82, 2.24) is 15.4 Å². The van der Waals surface area contributed by atoms with Crippen LogP contribution in [0.2, 0.25) is 0 Å². The summed E-state index contributed by atoms with van der Waals surface area (Å²) in [7, 11) is 0. The van der Waals surface area contributed by atoms with Gasteiger partial charge in [-0.05, 0) is 29.8 Å². The average molecular weight is 366 g/mol. The van der Waals surface area contributed by atoms with E-state index < -0.39 is 5.91 Å². The third-order valence-corrected chi connectivity index (χ3v) is 4.27. The van der Waals surface area contributed by atoms with E-state index in [9.17, 15) is 9.59 Å². The van der Waals surface area contributed by atoms with Gasteiger partial charge in [0.2, 0.25) is 0 Å². The molecule has 3 N–H and O–H groups in total. The van der Waals surface area contributed by atoms with Gasteiger partial charge in [0, 0.05) is 35.1 Å². The number of pyridine rings is 1. The highest BCUT2D eigenvalue weighted by atomic mass is 32.1. The van der Waals surface area contributed by atoms with E-state index in [1.165, 1.54) is 22.9 Å². The number of hydrogen-bond donors (Lipinski definition) is 3. The number of carbonyl (C=O) groups is 2. The van der Waals surface area contributed by atoms with Crippen molar-refractivity contribution in [2.75, 3.05) is 5.32 Å². The molecule has 1 aromatic carbocycles. The van der Waals surface area contributed by atoms with Crippen molar-refractivity contribution in [3.63, 3.8) is 0 Å². The first-order valence-electron chi connectivity index (χ1n) is 7.56. The average Bonchev–Trinajstić information content (AvgIpc) is 3.18. The number of carbonyl (C=O) groups excluding carboxylic acids is 2. The fourth-order valence-electron chi connectivity index (χ4n) is 2.15. The van der Waals surface area contributed by atoms with Gasteiger partial charge in [-0.2, -0.15) is 0 Å².